The lowest BCUT2D eigenvalue weighted by molar-refractivity contribution is 0.475. The van der Waals surface area contributed by atoms with E-state index in [-0.39, 0.29) is 5.75 Å². The molecule has 0 unspecified atom stereocenters. The molecule has 6 nitrogen and oxygen atoms in total. The highest BCUT2D eigenvalue weighted by molar-refractivity contribution is 5.92. The molecule has 0 fully saturated rings. The summed E-state index contributed by atoms with van der Waals surface area (Å²) in [5, 5.41) is 18.1. The van der Waals surface area contributed by atoms with E-state index in [0.29, 0.717) is 5.95 Å². The number of nitrogens with one attached hydrogen (secondary N) is 2. The molecule has 2 heterocycles. The van der Waals surface area contributed by atoms with Gasteiger partial charge in [-0.3, -0.25) is 0 Å². The summed E-state index contributed by atoms with van der Waals surface area (Å²) in [6.07, 6.45) is 4.40. The molecule has 0 aliphatic carbocycles. The maximum Gasteiger partial charge on any atom is 0.230 e. The van der Waals surface area contributed by atoms with Crippen LogP contribution in [0.2, 0.25) is 0 Å². The maximum atomic E-state index is 9.37. The Balaban J connectivity index is 1.48. The minimum absolute atomic E-state index is 0.279. The fourth-order valence-electron chi connectivity index (χ4n) is 2.99. The van der Waals surface area contributed by atoms with Gasteiger partial charge >= 0.3 is 0 Å². The van der Waals surface area contributed by atoms with Gasteiger partial charge in [-0.25, -0.2) is 9.97 Å². The van der Waals surface area contributed by atoms with E-state index in [4.69, 9.17) is 0 Å². The number of rotatable bonds is 6. The van der Waals surface area contributed by atoms with Crippen molar-refractivity contribution in [3.63, 3.8) is 0 Å². The quantitative estimate of drug-likeness (QED) is 0.465. The topological polar surface area (TPSA) is 83.0 Å². The lowest BCUT2D eigenvalue weighted by Gasteiger charge is -2.12. The van der Waals surface area contributed by atoms with Crippen molar-refractivity contribution in [2.24, 2.45) is 0 Å². The molecule has 0 bridgehead atoms. The highest BCUT2D eigenvalue weighted by Gasteiger charge is 2.07. The molecule has 0 radical (unpaired) electrons. The molecule has 0 aliphatic rings. The fourth-order valence-corrected chi connectivity index (χ4v) is 2.99. The van der Waals surface area contributed by atoms with E-state index in [1.54, 1.807) is 24.5 Å². The van der Waals surface area contributed by atoms with Gasteiger partial charge in [-0.1, -0.05) is 36.4 Å². The van der Waals surface area contributed by atoms with Crippen molar-refractivity contribution in [1.29, 1.82) is 0 Å². The van der Waals surface area contributed by atoms with Crippen LogP contribution in [0, 0.1) is 6.92 Å². The summed E-state index contributed by atoms with van der Waals surface area (Å²) in [7, 11) is 0. The number of hydrogen-bond acceptors (Lipinski definition) is 6. The van der Waals surface area contributed by atoms with Gasteiger partial charge in [-0.2, -0.15) is 4.98 Å². The molecule has 0 saturated heterocycles. The van der Waals surface area contributed by atoms with Crippen LogP contribution in [0.3, 0.4) is 0 Å². The molecule has 140 valence electrons. The highest BCUT2D eigenvalue weighted by atomic mass is 16.3. The molecule has 3 N–H and O–H groups in total. The molecule has 0 aliphatic heterocycles. The van der Waals surface area contributed by atoms with Gasteiger partial charge in [-0.05, 0) is 42.5 Å². The Morgan fingerprint density at radius 2 is 1.75 bits per heavy atom. The van der Waals surface area contributed by atoms with E-state index < -0.39 is 0 Å². The fraction of sp³-hybridized carbons (Fsp3) is 0.136. The Kier molecular flexibility index (Phi) is 5.01. The third-order valence-corrected chi connectivity index (χ3v) is 4.52. The van der Waals surface area contributed by atoms with Crippen molar-refractivity contribution < 1.29 is 5.11 Å². The van der Waals surface area contributed by atoms with Crippen molar-refractivity contribution in [1.82, 2.24) is 15.0 Å². The first-order chi connectivity index (χ1) is 13.7. The van der Waals surface area contributed by atoms with Crippen LogP contribution in [0.1, 0.15) is 11.1 Å². The number of aromatic nitrogens is 3. The van der Waals surface area contributed by atoms with E-state index in [1.807, 2.05) is 43.3 Å². The minimum atomic E-state index is 0.279. The number of phenolic OH excluding ortho intramolecular Hbond substituents is 1. The van der Waals surface area contributed by atoms with Crippen molar-refractivity contribution in [2.75, 3.05) is 17.2 Å². The van der Waals surface area contributed by atoms with Crippen molar-refractivity contribution in [3.05, 3.63) is 78.1 Å². The summed E-state index contributed by atoms with van der Waals surface area (Å²) >= 11 is 0. The third kappa shape index (κ3) is 4.01. The molecule has 6 heteroatoms. The first-order valence-corrected chi connectivity index (χ1v) is 9.15. The molecule has 2 aromatic carbocycles. The molecular formula is C22H21N5O. The Morgan fingerprint density at radius 1 is 0.929 bits per heavy atom. The predicted molar refractivity (Wildman–Crippen MR) is 112 cm³/mol. The second kappa shape index (κ2) is 7.92. The van der Waals surface area contributed by atoms with Gasteiger partial charge in [0, 0.05) is 29.9 Å². The first-order valence-electron chi connectivity index (χ1n) is 9.15. The molecule has 0 spiro atoms. The lowest BCUT2D eigenvalue weighted by Crippen LogP contribution is -2.09. The number of anilines is 3. The van der Waals surface area contributed by atoms with Crippen LogP contribution in [0.15, 0.2) is 67.0 Å². The number of pyridine rings is 1. The van der Waals surface area contributed by atoms with Gasteiger partial charge in [0.05, 0.1) is 0 Å². The first kappa shape index (κ1) is 17.7. The average molecular weight is 371 g/mol. The van der Waals surface area contributed by atoms with Gasteiger partial charge in [0.1, 0.15) is 17.4 Å². The summed E-state index contributed by atoms with van der Waals surface area (Å²) in [6, 6.07) is 17.3. The number of aryl methyl sites for hydroxylation is 1. The van der Waals surface area contributed by atoms with Crippen LogP contribution in [-0.4, -0.2) is 26.6 Å². The Morgan fingerprint density at radius 3 is 2.61 bits per heavy atom. The molecular weight excluding hydrogens is 350 g/mol. The van der Waals surface area contributed by atoms with Crippen LogP contribution in [-0.2, 0) is 6.42 Å². The SMILES string of the molecule is Cc1cnc(Nc2nccc3ccccc23)nc1NCCc1ccc(O)cc1. The Labute approximate surface area is 163 Å². The van der Waals surface area contributed by atoms with Crippen molar-refractivity contribution in [2.45, 2.75) is 13.3 Å². The molecule has 4 aromatic rings. The molecule has 4 rings (SSSR count). The summed E-state index contributed by atoms with van der Waals surface area (Å²) in [4.78, 5) is 13.4. The molecule has 0 atom stereocenters. The van der Waals surface area contributed by atoms with E-state index in [9.17, 15) is 5.11 Å². The van der Waals surface area contributed by atoms with Gasteiger partial charge in [-0.15, -0.1) is 0 Å². The molecule has 2 aromatic heterocycles. The summed E-state index contributed by atoms with van der Waals surface area (Å²) in [6.45, 7) is 2.71. The number of aromatic hydroxyl groups is 1. The van der Waals surface area contributed by atoms with Crippen molar-refractivity contribution >= 4 is 28.4 Å². The van der Waals surface area contributed by atoms with E-state index in [0.717, 1.165) is 46.5 Å². The summed E-state index contributed by atoms with van der Waals surface area (Å²) < 4.78 is 0. The number of fused-ring (bicyclic) bond motifs is 1. The third-order valence-electron chi connectivity index (χ3n) is 4.52. The molecule has 0 saturated carbocycles. The van der Waals surface area contributed by atoms with Crippen molar-refractivity contribution in [3.8, 4) is 5.75 Å². The van der Waals surface area contributed by atoms with Gasteiger partial charge < -0.3 is 15.7 Å². The number of nitrogens with zero attached hydrogens (tertiary/aromatic N) is 3. The van der Waals surface area contributed by atoms with Gasteiger partial charge in [0.15, 0.2) is 0 Å². The normalized spacial score (nSPS) is 10.8. The predicted octanol–water partition coefficient (Wildman–Crippen LogP) is 4.44. The minimum Gasteiger partial charge on any atom is -0.508 e. The monoisotopic (exact) mass is 371 g/mol. The summed E-state index contributed by atoms with van der Waals surface area (Å²) in [5.74, 6) is 2.30. The van der Waals surface area contributed by atoms with Crippen LogP contribution in [0.5, 0.6) is 5.75 Å². The number of benzene rings is 2. The average Bonchev–Trinajstić information content (AvgIpc) is 2.72. The van der Waals surface area contributed by atoms with Crippen LogP contribution >= 0.6 is 0 Å². The largest absolute Gasteiger partial charge is 0.508 e. The second-order valence-corrected chi connectivity index (χ2v) is 6.57. The standard InChI is InChI=1S/C22H21N5O/c1-15-14-25-22(27-21-19-5-3-2-4-17(19)11-13-24-21)26-20(15)23-12-10-16-6-8-18(28)9-7-16/h2-9,11,13-14,28H,10,12H2,1H3,(H2,23,24,25,26,27). The van der Waals surface area contributed by atoms with Gasteiger partial charge in [0.25, 0.3) is 0 Å². The van der Waals surface area contributed by atoms with E-state index in [2.05, 4.69) is 31.7 Å². The van der Waals surface area contributed by atoms with E-state index in [1.165, 1.54) is 0 Å². The molecule has 28 heavy (non-hydrogen) atoms. The number of hydrogen-bond donors (Lipinski definition) is 3. The summed E-state index contributed by atoms with van der Waals surface area (Å²) in [5.41, 5.74) is 2.12. The van der Waals surface area contributed by atoms with E-state index >= 15 is 0 Å². The zero-order valence-electron chi connectivity index (χ0n) is 15.6. The lowest BCUT2D eigenvalue weighted by atomic mass is 10.1. The van der Waals surface area contributed by atoms with Gasteiger partial charge in [0.2, 0.25) is 5.95 Å². The zero-order chi connectivity index (χ0) is 19.3. The highest BCUT2D eigenvalue weighted by Crippen LogP contribution is 2.23. The zero-order valence-corrected chi connectivity index (χ0v) is 15.6. The van der Waals surface area contributed by atoms with Crippen LogP contribution in [0.4, 0.5) is 17.6 Å². The second-order valence-electron chi connectivity index (χ2n) is 6.57. The van der Waals surface area contributed by atoms with Crippen LogP contribution in [0.25, 0.3) is 10.8 Å². The maximum absolute atomic E-state index is 9.37. The van der Waals surface area contributed by atoms with Crippen LogP contribution < -0.4 is 10.6 Å². The molecule has 0 amide bonds. The Hall–Kier alpha value is -3.67. The Bertz CT molecular complexity index is 1090. The number of phenols is 1. The smallest absolute Gasteiger partial charge is 0.230 e.